The van der Waals surface area contributed by atoms with Gasteiger partial charge in [0.25, 0.3) is 0 Å². The molecule has 132 valence electrons. The number of amides is 1. The molecule has 24 heavy (non-hydrogen) atoms. The number of carbonyl (C=O) groups is 1. The number of aryl methyl sites for hydroxylation is 1. The molecule has 5 heteroatoms. The van der Waals surface area contributed by atoms with Crippen LogP contribution in [0.25, 0.3) is 0 Å². The lowest BCUT2D eigenvalue weighted by molar-refractivity contribution is -0.161. The van der Waals surface area contributed by atoms with Gasteiger partial charge in [0.2, 0.25) is 5.91 Å². The number of rotatable bonds is 4. The molecule has 4 nitrogen and oxygen atoms in total. The van der Waals surface area contributed by atoms with Gasteiger partial charge in [-0.2, -0.15) is 0 Å². The van der Waals surface area contributed by atoms with Crippen LogP contribution in [0.2, 0.25) is 0 Å². The molecule has 1 amide bonds. The lowest BCUT2D eigenvalue weighted by atomic mass is 9.73. The molecule has 0 radical (unpaired) electrons. The maximum Gasteiger partial charge on any atom is 0.227 e. The molecule has 0 spiro atoms. The zero-order chi connectivity index (χ0) is 17.2. The number of hydrogen-bond acceptors (Lipinski definition) is 3. The van der Waals surface area contributed by atoms with E-state index >= 15 is 0 Å². The van der Waals surface area contributed by atoms with Crippen molar-refractivity contribution in [1.82, 2.24) is 4.90 Å². The molecule has 1 aromatic carbocycles. The van der Waals surface area contributed by atoms with E-state index in [0.29, 0.717) is 19.6 Å². The van der Waals surface area contributed by atoms with Crippen LogP contribution in [0.1, 0.15) is 30.4 Å². The van der Waals surface area contributed by atoms with Gasteiger partial charge in [-0.05, 0) is 49.4 Å². The normalized spacial score (nSPS) is 27.0. The summed E-state index contributed by atoms with van der Waals surface area (Å²) in [7, 11) is 1.71. The number of halogens is 1. The van der Waals surface area contributed by atoms with E-state index in [4.69, 9.17) is 9.47 Å². The number of nitrogens with zero attached hydrogens (tertiary/aromatic N) is 1. The largest absolute Gasteiger partial charge is 0.384 e. The number of hydrogen-bond donors (Lipinski definition) is 0. The molecule has 0 bridgehead atoms. The van der Waals surface area contributed by atoms with Crippen molar-refractivity contribution in [3.63, 3.8) is 0 Å². The Morgan fingerprint density at radius 2 is 2.33 bits per heavy atom. The second kappa shape index (κ2) is 7.19. The summed E-state index contributed by atoms with van der Waals surface area (Å²) in [6.45, 7) is 4.68. The molecule has 2 saturated heterocycles. The van der Waals surface area contributed by atoms with E-state index in [-0.39, 0.29) is 23.2 Å². The fourth-order valence-corrected chi connectivity index (χ4v) is 4.13. The van der Waals surface area contributed by atoms with E-state index in [0.717, 1.165) is 43.5 Å². The molecule has 2 fully saturated rings. The topological polar surface area (TPSA) is 38.8 Å². The average Bonchev–Trinajstić information content (AvgIpc) is 2.57. The lowest BCUT2D eigenvalue weighted by Gasteiger charge is -2.50. The van der Waals surface area contributed by atoms with Crippen molar-refractivity contribution in [3.05, 3.63) is 35.1 Å². The summed E-state index contributed by atoms with van der Waals surface area (Å²) >= 11 is 0. The standard InChI is InChI=1S/C19H26FNO3/c1-14-10-16(20)5-4-15(14)11-18(22)21-8-6-17-19(12-21,13-23-2)7-3-9-24-17/h4-5,10,17H,3,6-9,11-13H2,1-2H3. The molecule has 0 aromatic heterocycles. The number of fused-ring (bicyclic) bond motifs is 1. The first-order valence-electron chi connectivity index (χ1n) is 8.67. The van der Waals surface area contributed by atoms with Crippen LogP contribution >= 0.6 is 0 Å². The number of ether oxygens (including phenoxy) is 2. The van der Waals surface area contributed by atoms with Crippen LogP contribution in [0.3, 0.4) is 0 Å². The Bertz CT molecular complexity index is 602. The summed E-state index contributed by atoms with van der Waals surface area (Å²) in [5, 5.41) is 0. The lowest BCUT2D eigenvalue weighted by Crippen LogP contribution is -2.58. The maximum absolute atomic E-state index is 13.2. The fraction of sp³-hybridized carbons (Fsp3) is 0.632. The van der Waals surface area contributed by atoms with Crippen LogP contribution in [-0.4, -0.2) is 50.3 Å². The van der Waals surface area contributed by atoms with Crippen molar-refractivity contribution >= 4 is 5.91 Å². The average molecular weight is 335 g/mol. The van der Waals surface area contributed by atoms with Crippen LogP contribution in [0.5, 0.6) is 0 Å². The first kappa shape index (κ1) is 17.4. The van der Waals surface area contributed by atoms with Gasteiger partial charge in [-0.1, -0.05) is 6.07 Å². The number of methoxy groups -OCH3 is 1. The minimum Gasteiger partial charge on any atom is -0.384 e. The van der Waals surface area contributed by atoms with Crippen molar-refractivity contribution in [3.8, 4) is 0 Å². The highest BCUT2D eigenvalue weighted by Gasteiger charge is 2.46. The monoisotopic (exact) mass is 335 g/mol. The number of likely N-dealkylation sites (tertiary alicyclic amines) is 1. The Balaban J connectivity index is 1.71. The summed E-state index contributed by atoms with van der Waals surface area (Å²) < 4.78 is 24.7. The molecule has 3 rings (SSSR count). The van der Waals surface area contributed by atoms with Gasteiger partial charge in [-0.3, -0.25) is 4.79 Å². The molecule has 2 unspecified atom stereocenters. The van der Waals surface area contributed by atoms with Crippen LogP contribution < -0.4 is 0 Å². The first-order chi connectivity index (χ1) is 11.5. The maximum atomic E-state index is 13.2. The van der Waals surface area contributed by atoms with Gasteiger partial charge in [0.15, 0.2) is 0 Å². The molecule has 2 aliphatic rings. The predicted molar refractivity (Wildman–Crippen MR) is 89.3 cm³/mol. The Kier molecular flexibility index (Phi) is 5.21. The SMILES string of the molecule is COCC12CCCOC1CCN(C(=O)Cc1ccc(F)cc1C)C2. The molecule has 2 atom stereocenters. The van der Waals surface area contributed by atoms with Crippen molar-refractivity contribution in [2.45, 2.75) is 38.7 Å². The molecular formula is C19H26FNO3. The Morgan fingerprint density at radius 1 is 1.50 bits per heavy atom. The Morgan fingerprint density at radius 3 is 3.08 bits per heavy atom. The van der Waals surface area contributed by atoms with Gasteiger partial charge < -0.3 is 14.4 Å². The van der Waals surface area contributed by atoms with Crippen LogP contribution in [0.15, 0.2) is 18.2 Å². The van der Waals surface area contributed by atoms with Gasteiger partial charge in [-0.25, -0.2) is 4.39 Å². The second-order valence-electron chi connectivity index (χ2n) is 7.11. The highest BCUT2D eigenvalue weighted by atomic mass is 19.1. The van der Waals surface area contributed by atoms with Gasteiger partial charge in [-0.15, -0.1) is 0 Å². The molecule has 0 saturated carbocycles. The van der Waals surface area contributed by atoms with Crippen LogP contribution in [0.4, 0.5) is 4.39 Å². The molecule has 2 aliphatic heterocycles. The predicted octanol–water partition coefficient (Wildman–Crippen LogP) is 2.72. The van der Waals surface area contributed by atoms with Gasteiger partial charge >= 0.3 is 0 Å². The highest BCUT2D eigenvalue weighted by Crippen LogP contribution is 2.40. The third-order valence-electron chi connectivity index (χ3n) is 5.42. The molecule has 1 aromatic rings. The Labute approximate surface area is 142 Å². The van der Waals surface area contributed by atoms with Gasteiger partial charge in [0.1, 0.15) is 5.82 Å². The van der Waals surface area contributed by atoms with Crippen LogP contribution in [-0.2, 0) is 20.7 Å². The zero-order valence-electron chi connectivity index (χ0n) is 14.5. The van der Waals surface area contributed by atoms with E-state index in [1.165, 1.54) is 12.1 Å². The highest BCUT2D eigenvalue weighted by molar-refractivity contribution is 5.79. The fourth-order valence-electron chi connectivity index (χ4n) is 4.13. The summed E-state index contributed by atoms with van der Waals surface area (Å²) in [6, 6.07) is 4.61. The van der Waals surface area contributed by atoms with E-state index in [1.54, 1.807) is 13.2 Å². The molecule has 2 heterocycles. The molecule has 0 aliphatic carbocycles. The summed E-state index contributed by atoms with van der Waals surface area (Å²) in [6.07, 6.45) is 3.41. The second-order valence-corrected chi connectivity index (χ2v) is 7.11. The van der Waals surface area contributed by atoms with Gasteiger partial charge in [0, 0.05) is 32.2 Å². The van der Waals surface area contributed by atoms with E-state index in [1.807, 2.05) is 11.8 Å². The third-order valence-corrected chi connectivity index (χ3v) is 5.42. The summed E-state index contributed by atoms with van der Waals surface area (Å²) in [4.78, 5) is 14.7. The Hall–Kier alpha value is -1.46. The number of carbonyl (C=O) groups excluding carboxylic acids is 1. The van der Waals surface area contributed by atoms with Crippen molar-refractivity contribution in [2.24, 2.45) is 5.41 Å². The minimum absolute atomic E-state index is 0.0846. The number of benzene rings is 1. The number of piperidine rings is 1. The van der Waals surface area contributed by atoms with Gasteiger partial charge in [0.05, 0.1) is 19.1 Å². The summed E-state index contributed by atoms with van der Waals surface area (Å²) in [5.74, 6) is -0.160. The first-order valence-corrected chi connectivity index (χ1v) is 8.67. The molecule has 0 N–H and O–H groups in total. The quantitative estimate of drug-likeness (QED) is 0.849. The van der Waals surface area contributed by atoms with E-state index in [9.17, 15) is 9.18 Å². The van der Waals surface area contributed by atoms with Crippen molar-refractivity contribution in [1.29, 1.82) is 0 Å². The van der Waals surface area contributed by atoms with Crippen LogP contribution in [0, 0.1) is 18.2 Å². The van der Waals surface area contributed by atoms with E-state index < -0.39 is 0 Å². The van der Waals surface area contributed by atoms with Crippen molar-refractivity contribution in [2.75, 3.05) is 33.4 Å². The summed E-state index contributed by atoms with van der Waals surface area (Å²) in [5.41, 5.74) is 1.63. The van der Waals surface area contributed by atoms with E-state index in [2.05, 4.69) is 0 Å². The smallest absolute Gasteiger partial charge is 0.227 e. The third kappa shape index (κ3) is 3.47. The molecular weight excluding hydrogens is 309 g/mol. The van der Waals surface area contributed by atoms with Crippen molar-refractivity contribution < 1.29 is 18.7 Å². The minimum atomic E-state index is -0.261. The zero-order valence-corrected chi connectivity index (χ0v) is 14.5.